The number of aryl methyl sites for hydroxylation is 1. The van der Waals surface area contributed by atoms with Gasteiger partial charge in [-0.2, -0.15) is 5.26 Å². The van der Waals surface area contributed by atoms with Crippen LogP contribution in [-0.2, 0) is 11.4 Å². The number of hydrogen-bond donors (Lipinski definition) is 2. The average Bonchev–Trinajstić information content (AvgIpc) is 2.83. The van der Waals surface area contributed by atoms with E-state index in [9.17, 15) is 14.9 Å². The Kier molecular flexibility index (Phi) is 7.91. The van der Waals surface area contributed by atoms with Crippen LogP contribution >= 0.6 is 11.6 Å². The third kappa shape index (κ3) is 6.15. The minimum absolute atomic E-state index is 0.106. The van der Waals surface area contributed by atoms with Crippen LogP contribution in [0.4, 0.5) is 5.69 Å². The van der Waals surface area contributed by atoms with Crippen LogP contribution in [0.1, 0.15) is 27.0 Å². The van der Waals surface area contributed by atoms with Gasteiger partial charge in [0.05, 0.1) is 17.7 Å². The molecular weight excluding hydrogens is 456 g/mol. The molecule has 3 aromatic rings. The molecule has 0 bridgehead atoms. The van der Waals surface area contributed by atoms with Gasteiger partial charge >= 0.3 is 5.97 Å². The molecular formula is C26H21ClN2O5. The van der Waals surface area contributed by atoms with E-state index in [0.29, 0.717) is 17.0 Å². The molecule has 2 N–H and O–H groups in total. The lowest BCUT2D eigenvalue weighted by Crippen LogP contribution is -2.13. The zero-order chi connectivity index (χ0) is 24.7. The molecule has 7 nitrogen and oxygen atoms in total. The second-order valence-electron chi connectivity index (χ2n) is 7.31. The molecule has 172 valence electrons. The topological polar surface area (TPSA) is 109 Å². The maximum absolute atomic E-state index is 12.5. The van der Waals surface area contributed by atoms with Crippen molar-refractivity contribution >= 4 is 35.2 Å². The summed E-state index contributed by atoms with van der Waals surface area (Å²) >= 11 is 6.40. The fraction of sp³-hybridized carbons (Fsp3) is 0.115. The largest absolute Gasteiger partial charge is 0.493 e. The monoisotopic (exact) mass is 476 g/mol. The quantitative estimate of drug-likeness (QED) is 0.329. The highest BCUT2D eigenvalue weighted by atomic mass is 35.5. The van der Waals surface area contributed by atoms with Crippen molar-refractivity contribution in [3.05, 3.63) is 93.5 Å². The van der Waals surface area contributed by atoms with Crippen molar-refractivity contribution in [1.29, 1.82) is 5.26 Å². The molecule has 0 aliphatic rings. The van der Waals surface area contributed by atoms with Crippen molar-refractivity contribution < 1.29 is 24.2 Å². The van der Waals surface area contributed by atoms with Gasteiger partial charge in [0.2, 0.25) is 0 Å². The van der Waals surface area contributed by atoms with E-state index in [0.717, 1.165) is 11.1 Å². The third-order valence-electron chi connectivity index (χ3n) is 4.82. The number of carbonyl (C=O) groups excluding carboxylic acids is 1. The maximum atomic E-state index is 12.5. The zero-order valence-corrected chi connectivity index (χ0v) is 19.2. The number of nitriles is 1. The highest BCUT2D eigenvalue weighted by Crippen LogP contribution is 2.37. The van der Waals surface area contributed by atoms with E-state index in [1.807, 2.05) is 25.1 Å². The standard InChI is InChI=1S/C26H21ClN2O5/c1-16-3-9-21(10-4-16)29-25(30)20(14-28)11-18-12-22(27)24(23(13-18)33-2)34-15-17-5-7-19(8-6-17)26(31)32/h3-13H,15H2,1-2H3,(H,29,30)(H,31,32)/b20-11-. The van der Waals surface area contributed by atoms with E-state index in [-0.39, 0.29) is 28.5 Å². The minimum Gasteiger partial charge on any atom is -0.493 e. The number of amides is 1. The average molecular weight is 477 g/mol. The van der Waals surface area contributed by atoms with Crippen LogP contribution in [0.25, 0.3) is 6.08 Å². The second kappa shape index (κ2) is 11.0. The van der Waals surface area contributed by atoms with Crippen molar-refractivity contribution in [2.75, 3.05) is 12.4 Å². The first-order valence-electron chi connectivity index (χ1n) is 10.1. The molecule has 8 heteroatoms. The van der Waals surface area contributed by atoms with Crippen molar-refractivity contribution in [2.45, 2.75) is 13.5 Å². The highest BCUT2D eigenvalue weighted by molar-refractivity contribution is 6.32. The van der Waals surface area contributed by atoms with Crippen molar-refractivity contribution in [2.24, 2.45) is 0 Å². The van der Waals surface area contributed by atoms with Crippen LogP contribution in [0, 0.1) is 18.3 Å². The number of carbonyl (C=O) groups is 2. The molecule has 0 spiro atoms. The normalized spacial score (nSPS) is 10.8. The molecule has 0 unspecified atom stereocenters. The van der Waals surface area contributed by atoms with E-state index in [1.54, 1.807) is 36.4 Å². The van der Waals surface area contributed by atoms with Crippen LogP contribution in [0.3, 0.4) is 0 Å². The van der Waals surface area contributed by atoms with Crippen molar-refractivity contribution in [3.63, 3.8) is 0 Å². The number of carboxylic acid groups (broad SMARTS) is 1. The number of nitrogens with zero attached hydrogens (tertiary/aromatic N) is 1. The second-order valence-corrected chi connectivity index (χ2v) is 7.72. The van der Waals surface area contributed by atoms with Gasteiger partial charge in [0.25, 0.3) is 5.91 Å². The zero-order valence-electron chi connectivity index (χ0n) is 18.5. The number of methoxy groups -OCH3 is 1. The van der Waals surface area contributed by atoms with Crippen molar-refractivity contribution in [1.82, 2.24) is 0 Å². The summed E-state index contributed by atoms with van der Waals surface area (Å²) in [5.41, 5.74) is 2.92. The molecule has 0 radical (unpaired) electrons. The van der Waals surface area contributed by atoms with Crippen molar-refractivity contribution in [3.8, 4) is 17.6 Å². The van der Waals surface area contributed by atoms with Crippen LogP contribution in [-0.4, -0.2) is 24.1 Å². The Bertz CT molecular complexity index is 1280. The number of rotatable bonds is 8. The van der Waals surface area contributed by atoms with Gasteiger partial charge in [-0.25, -0.2) is 4.79 Å². The fourth-order valence-corrected chi connectivity index (χ4v) is 3.29. The number of benzene rings is 3. The number of ether oxygens (including phenoxy) is 2. The van der Waals surface area contributed by atoms with Gasteiger partial charge in [-0.05, 0) is 60.5 Å². The van der Waals surface area contributed by atoms with Crippen LogP contribution in [0.15, 0.2) is 66.2 Å². The van der Waals surface area contributed by atoms with Gasteiger partial charge in [-0.1, -0.05) is 41.4 Å². The summed E-state index contributed by atoms with van der Waals surface area (Å²) < 4.78 is 11.2. The number of aromatic carboxylic acids is 1. The van der Waals surface area contributed by atoms with E-state index in [2.05, 4.69) is 5.32 Å². The Labute approximate surface area is 201 Å². The Morgan fingerprint density at radius 1 is 1.12 bits per heavy atom. The molecule has 34 heavy (non-hydrogen) atoms. The molecule has 0 heterocycles. The smallest absolute Gasteiger partial charge is 0.335 e. The third-order valence-corrected chi connectivity index (χ3v) is 5.10. The van der Waals surface area contributed by atoms with E-state index in [4.69, 9.17) is 26.2 Å². The van der Waals surface area contributed by atoms with Crippen LogP contribution < -0.4 is 14.8 Å². The van der Waals surface area contributed by atoms with Gasteiger partial charge in [0, 0.05) is 5.69 Å². The van der Waals surface area contributed by atoms with Gasteiger partial charge in [-0.15, -0.1) is 0 Å². The lowest BCUT2D eigenvalue weighted by atomic mass is 10.1. The van der Waals surface area contributed by atoms with Gasteiger partial charge in [0.1, 0.15) is 18.2 Å². The predicted molar refractivity (Wildman–Crippen MR) is 129 cm³/mol. The van der Waals surface area contributed by atoms with E-state index >= 15 is 0 Å². The number of carboxylic acids is 1. The minimum atomic E-state index is -1.01. The number of anilines is 1. The Morgan fingerprint density at radius 2 is 1.79 bits per heavy atom. The number of hydrogen-bond acceptors (Lipinski definition) is 5. The van der Waals surface area contributed by atoms with Gasteiger partial charge < -0.3 is 19.9 Å². The molecule has 0 aliphatic heterocycles. The number of nitrogens with one attached hydrogen (secondary N) is 1. The molecule has 0 aliphatic carbocycles. The van der Waals surface area contributed by atoms with Crippen LogP contribution in [0.5, 0.6) is 11.5 Å². The molecule has 0 fully saturated rings. The summed E-state index contributed by atoms with van der Waals surface area (Å²) in [5, 5.41) is 21.4. The Hall–Kier alpha value is -4.28. The fourth-order valence-electron chi connectivity index (χ4n) is 3.01. The Morgan fingerprint density at radius 3 is 2.38 bits per heavy atom. The lowest BCUT2D eigenvalue weighted by Gasteiger charge is -2.14. The van der Waals surface area contributed by atoms with Gasteiger partial charge in [0.15, 0.2) is 11.5 Å². The SMILES string of the molecule is COc1cc(/C=C(/C#N)C(=O)Nc2ccc(C)cc2)cc(Cl)c1OCc1ccc(C(=O)O)cc1. The van der Waals surface area contributed by atoms with Crippen LogP contribution in [0.2, 0.25) is 5.02 Å². The first-order chi connectivity index (χ1) is 16.3. The number of halogens is 1. The molecule has 0 atom stereocenters. The molecule has 0 saturated heterocycles. The first kappa shape index (κ1) is 24.4. The Balaban J connectivity index is 1.78. The molecule has 3 aromatic carbocycles. The summed E-state index contributed by atoms with van der Waals surface area (Å²) in [6.07, 6.45) is 1.41. The molecule has 0 aromatic heterocycles. The first-order valence-corrected chi connectivity index (χ1v) is 10.5. The summed E-state index contributed by atoms with van der Waals surface area (Å²) in [5.74, 6) is -0.958. The molecule has 1 amide bonds. The molecule has 3 rings (SSSR count). The summed E-state index contributed by atoms with van der Waals surface area (Å²) in [7, 11) is 1.45. The van der Waals surface area contributed by atoms with E-state index < -0.39 is 11.9 Å². The predicted octanol–water partition coefficient (Wildman–Crippen LogP) is 5.48. The summed E-state index contributed by atoms with van der Waals surface area (Å²) in [4.78, 5) is 23.5. The maximum Gasteiger partial charge on any atom is 0.335 e. The lowest BCUT2D eigenvalue weighted by molar-refractivity contribution is -0.112. The summed E-state index contributed by atoms with van der Waals surface area (Å²) in [6.45, 7) is 2.07. The van der Waals surface area contributed by atoms with E-state index in [1.165, 1.54) is 25.3 Å². The highest BCUT2D eigenvalue weighted by Gasteiger charge is 2.15. The molecule has 0 saturated carbocycles. The van der Waals surface area contributed by atoms with Gasteiger partial charge in [-0.3, -0.25) is 4.79 Å². The summed E-state index contributed by atoms with van der Waals surface area (Å²) in [6, 6.07) is 18.5.